The van der Waals surface area contributed by atoms with Crippen molar-refractivity contribution in [1.82, 2.24) is 24.5 Å². The minimum atomic E-state index is 0.562. The summed E-state index contributed by atoms with van der Waals surface area (Å²) in [5.41, 5.74) is 4.78. The van der Waals surface area contributed by atoms with E-state index in [0.29, 0.717) is 23.3 Å². The molecule has 0 aliphatic carbocycles. The first kappa shape index (κ1) is 19.4. The molecule has 5 rings (SSSR count). The smallest absolute Gasteiger partial charge is 0.226 e. The van der Waals surface area contributed by atoms with E-state index in [1.54, 1.807) is 6.33 Å². The molecule has 156 valence electrons. The average molecular weight is 432 g/mol. The minimum Gasteiger partial charge on any atom is -0.361 e. The van der Waals surface area contributed by atoms with Crippen molar-refractivity contribution in [3.8, 4) is 0 Å². The largest absolute Gasteiger partial charge is 0.361 e. The van der Waals surface area contributed by atoms with Crippen molar-refractivity contribution in [2.24, 2.45) is 0 Å². The number of benzene rings is 2. The molecule has 0 aliphatic rings. The predicted molar refractivity (Wildman–Crippen MR) is 126 cm³/mol. The molecule has 0 radical (unpaired) electrons. The number of anilines is 3. The molecule has 0 atom stereocenters. The standard InChI is InChI=1S/C23H22ClN7/c1-2-31-14-27-20-21(28-17-7-5-6-16(24)12-17)29-23(30-22(20)31)25-11-10-15-13-26-19-9-4-3-8-18(15)19/h3-9,12-14,26H,2,10-11H2,1H3,(H2,25,28,29,30). The Labute approximate surface area is 184 Å². The van der Waals surface area contributed by atoms with Crippen molar-refractivity contribution >= 4 is 51.1 Å². The number of fused-ring (bicyclic) bond motifs is 2. The van der Waals surface area contributed by atoms with E-state index in [4.69, 9.17) is 21.6 Å². The highest BCUT2D eigenvalue weighted by atomic mass is 35.5. The maximum Gasteiger partial charge on any atom is 0.226 e. The Hall–Kier alpha value is -3.58. The summed E-state index contributed by atoms with van der Waals surface area (Å²) in [6, 6.07) is 15.9. The summed E-state index contributed by atoms with van der Waals surface area (Å²) >= 11 is 6.14. The molecule has 0 amide bonds. The zero-order chi connectivity index (χ0) is 21.2. The van der Waals surface area contributed by atoms with Gasteiger partial charge in [-0.15, -0.1) is 0 Å². The second-order valence-electron chi connectivity index (χ2n) is 7.27. The van der Waals surface area contributed by atoms with Gasteiger partial charge in [-0.2, -0.15) is 9.97 Å². The van der Waals surface area contributed by atoms with Gasteiger partial charge in [0.15, 0.2) is 17.0 Å². The van der Waals surface area contributed by atoms with Crippen LogP contribution in [0.4, 0.5) is 17.5 Å². The van der Waals surface area contributed by atoms with Gasteiger partial charge < -0.3 is 20.2 Å². The number of para-hydroxylation sites is 1. The van der Waals surface area contributed by atoms with Gasteiger partial charge in [0.2, 0.25) is 5.95 Å². The van der Waals surface area contributed by atoms with E-state index in [9.17, 15) is 0 Å². The number of hydrogen-bond donors (Lipinski definition) is 3. The van der Waals surface area contributed by atoms with Gasteiger partial charge in [-0.05, 0) is 43.2 Å². The summed E-state index contributed by atoms with van der Waals surface area (Å²) in [5.74, 6) is 1.21. The van der Waals surface area contributed by atoms with Gasteiger partial charge in [0.1, 0.15) is 0 Å². The number of aromatic amines is 1. The van der Waals surface area contributed by atoms with Crippen LogP contribution >= 0.6 is 11.6 Å². The maximum atomic E-state index is 6.14. The Morgan fingerprint density at radius 2 is 2.00 bits per heavy atom. The monoisotopic (exact) mass is 431 g/mol. The predicted octanol–water partition coefficient (Wildman–Crippen LogP) is 5.38. The number of aryl methyl sites for hydroxylation is 1. The van der Waals surface area contributed by atoms with E-state index in [0.717, 1.165) is 35.3 Å². The van der Waals surface area contributed by atoms with Crippen LogP contribution in [0.15, 0.2) is 61.1 Å². The van der Waals surface area contributed by atoms with Crippen molar-refractivity contribution in [2.75, 3.05) is 17.2 Å². The Morgan fingerprint density at radius 3 is 2.87 bits per heavy atom. The third-order valence-electron chi connectivity index (χ3n) is 5.24. The number of nitrogens with zero attached hydrogens (tertiary/aromatic N) is 4. The van der Waals surface area contributed by atoms with Gasteiger partial charge in [0, 0.05) is 40.9 Å². The van der Waals surface area contributed by atoms with E-state index in [-0.39, 0.29) is 0 Å². The molecule has 8 heteroatoms. The molecular formula is C23H22ClN7. The summed E-state index contributed by atoms with van der Waals surface area (Å²) in [6.45, 7) is 3.56. The van der Waals surface area contributed by atoms with Crippen LogP contribution in [0.25, 0.3) is 22.1 Å². The lowest BCUT2D eigenvalue weighted by Crippen LogP contribution is -2.10. The first-order valence-corrected chi connectivity index (χ1v) is 10.6. The number of H-pyrrole nitrogens is 1. The van der Waals surface area contributed by atoms with E-state index < -0.39 is 0 Å². The van der Waals surface area contributed by atoms with Crippen LogP contribution in [0.3, 0.4) is 0 Å². The fourth-order valence-corrected chi connectivity index (χ4v) is 3.88. The molecule has 5 aromatic rings. The van der Waals surface area contributed by atoms with Crippen LogP contribution in [-0.4, -0.2) is 31.0 Å². The molecule has 0 bridgehead atoms. The Bertz CT molecular complexity index is 1350. The van der Waals surface area contributed by atoms with Crippen molar-refractivity contribution in [1.29, 1.82) is 0 Å². The number of imidazole rings is 1. The van der Waals surface area contributed by atoms with Gasteiger partial charge in [0.05, 0.1) is 6.33 Å². The lowest BCUT2D eigenvalue weighted by Gasteiger charge is -2.10. The van der Waals surface area contributed by atoms with Crippen molar-refractivity contribution < 1.29 is 0 Å². The lowest BCUT2D eigenvalue weighted by atomic mass is 10.1. The molecule has 2 aromatic carbocycles. The maximum absolute atomic E-state index is 6.14. The second kappa shape index (κ2) is 8.28. The molecule has 0 unspecified atom stereocenters. The molecule has 0 fully saturated rings. The first-order chi connectivity index (χ1) is 15.2. The van der Waals surface area contributed by atoms with E-state index in [2.05, 4.69) is 51.9 Å². The fraction of sp³-hybridized carbons (Fsp3) is 0.174. The van der Waals surface area contributed by atoms with Crippen molar-refractivity contribution in [3.05, 3.63) is 71.6 Å². The van der Waals surface area contributed by atoms with Gasteiger partial charge in [0.25, 0.3) is 0 Å². The molecular weight excluding hydrogens is 410 g/mol. The third kappa shape index (κ3) is 3.92. The van der Waals surface area contributed by atoms with Gasteiger partial charge >= 0.3 is 0 Å². The van der Waals surface area contributed by atoms with Crippen molar-refractivity contribution in [3.63, 3.8) is 0 Å². The Kier molecular flexibility index (Phi) is 5.18. The molecule has 0 saturated heterocycles. The molecule has 0 saturated carbocycles. The summed E-state index contributed by atoms with van der Waals surface area (Å²) in [5, 5.41) is 8.61. The summed E-state index contributed by atoms with van der Waals surface area (Å²) in [7, 11) is 0. The van der Waals surface area contributed by atoms with Gasteiger partial charge in [-0.3, -0.25) is 0 Å². The number of halogens is 1. The second-order valence-corrected chi connectivity index (χ2v) is 7.71. The number of nitrogens with one attached hydrogen (secondary N) is 3. The summed E-state index contributed by atoms with van der Waals surface area (Å²) in [4.78, 5) is 17.2. The number of rotatable bonds is 7. The van der Waals surface area contributed by atoms with Crippen LogP contribution in [0.1, 0.15) is 12.5 Å². The molecule has 3 aromatic heterocycles. The zero-order valence-corrected chi connectivity index (χ0v) is 17.8. The highest BCUT2D eigenvalue weighted by Gasteiger charge is 2.13. The summed E-state index contributed by atoms with van der Waals surface area (Å²) in [6.07, 6.45) is 4.71. The quantitative estimate of drug-likeness (QED) is 0.322. The fourth-order valence-electron chi connectivity index (χ4n) is 3.69. The van der Waals surface area contributed by atoms with E-state index >= 15 is 0 Å². The van der Waals surface area contributed by atoms with Crippen molar-refractivity contribution in [2.45, 2.75) is 19.9 Å². The molecule has 31 heavy (non-hydrogen) atoms. The minimum absolute atomic E-state index is 0.562. The Morgan fingerprint density at radius 1 is 1.10 bits per heavy atom. The van der Waals surface area contributed by atoms with Crippen LogP contribution in [0.2, 0.25) is 5.02 Å². The third-order valence-corrected chi connectivity index (χ3v) is 5.48. The molecule has 7 nitrogen and oxygen atoms in total. The average Bonchev–Trinajstić information content (AvgIpc) is 3.38. The molecule has 3 heterocycles. The van der Waals surface area contributed by atoms with E-state index in [1.165, 1.54) is 10.9 Å². The highest BCUT2D eigenvalue weighted by Crippen LogP contribution is 2.26. The normalized spacial score (nSPS) is 11.3. The molecule has 0 spiro atoms. The molecule has 0 aliphatic heterocycles. The van der Waals surface area contributed by atoms with Crippen LogP contribution < -0.4 is 10.6 Å². The van der Waals surface area contributed by atoms with Crippen LogP contribution in [-0.2, 0) is 13.0 Å². The zero-order valence-electron chi connectivity index (χ0n) is 17.1. The van der Waals surface area contributed by atoms with Gasteiger partial charge in [-0.25, -0.2) is 4.98 Å². The number of hydrogen-bond acceptors (Lipinski definition) is 5. The molecule has 3 N–H and O–H groups in total. The Balaban J connectivity index is 1.41. The first-order valence-electron chi connectivity index (χ1n) is 10.3. The topological polar surface area (TPSA) is 83.5 Å². The van der Waals surface area contributed by atoms with Crippen LogP contribution in [0.5, 0.6) is 0 Å². The lowest BCUT2D eigenvalue weighted by molar-refractivity contribution is 0.777. The van der Waals surface area contributed by atoms with E-state index in [1.807, 2.05) is 34.9 Å². The van der Waals surface area contributed by atoms with Gasteiger partial charge in [-0.1, -0.05) is 35.9 Å². The highest BCUT2D eigenvalue weighted by molar-refractivity contribution is 6.30. The van der Waals surface area contributed by atoms with Crippen LogP contribution in [0, 0.1) is 0 Å². The summed E-state index contributed by atoms with van der Waals surface area (Å²) < 4.78 is 2.00. The number of aromatic nitrogens is 5. The SMILES string of the molecule is CCn1cnc2c(Nc3cccc(Cl)c3)nc(NCCc3c[nH]c4ccccc34)nc21.